The van der Waals surface area contributed by atoms with Crippen LogP contribution in [0.15, 0.2) is 51.7 Å². The van der Waals surface area contributed by atoms with Crippen molar-refractivity contribution in [3.63, 3.8) is 0 Å². The van der Waals surface area contributed by atoms with Crippen molar-refractivity contribution in [2.75, 3.05) is 7.11 Å². The largest absolute Gasteiger partial charge is 0.506 e. The van der Waals surface area contributed by atoms with Crippen molar-refractivity contribution in [2.45, 2.75) is 6.61 Å². The van der Waals surface area contributed by atoms with E-state index in [2.05, 4.69) is 0 Å². The first-order valence-electron chi connectivity index (χ1n) is 6.68. The van der Waals surface area contributed by atoms with E-state index in [0.717, 1.165) is 0 Å². The van der Waals surface area contributed by atoms with Gasteiger partial charge in [-0.05, 0) is 17.7 Å². The van der Waals surface area contributed by atoms with Crippen molar-refractivity contribution in [1.29, 1.82) is 0 Å². The predicted octanol–water partition coefficient (Wildman–Crippen LogP) is 2.67. The Hall–Kier alpha value is -2.79. The van der Waals surface area contributed by atoms with E-state index in [9.17, 15) is 15.0 Å². The molecule has 0 spiro atoms. The molecule has 112 valence electrons. The molecule has 0 saturated carbocycles. The minimum Gasteiger partial charge on any atom is -0.506 e. The number of ether oxygens (including phenoxy) is 1. The summed E-state index contributed by atoms with van der Waals surface area (Å²) >= 11 is 0. The molecule has 2 N–H and O–H groups in total. The first kappa shape index (κ1) is 14.2. The van der Waals surface area contributed by atoms with E-state index in [0.29, 0.717) is 22.3 Å². The molecule has 0 aliphatic carbocycles. The van der Waals surface area contributed by atoms with Crippen LogP contribution in [0.3, 0.4) is 0 Å². The zero-order valence-corrected chi connectivity index (χ0v) is 11.9. The quantitative estimate of drug-likeness (QED) is 0.727. The Morgan fingerprint density at radius 3 is 2.55 bits per heavy atom. The second-order valence-corrected chi connectivity index (χ2v) is 4.80. The Labute approximate surface area is 126 Å². The number of benzene rings is 2. The van der Waals surface area contributed by atoms with Gasteiger partial charge in [0.15, 0.2) is 0 Å². The van der Waals surface area contributed by atoms with Gasteiger partial charge in [-0.1, -0.05) is 30.3 Å². The van der Waals surface area contributed by atoms with E-state index >= 15 is 0 Å². The van der Waals surface area contributed by atoms with E-state index in [1.165, 1.54) is 13.2 Å². The molecule has 0 unspecified atom stereocenters. The SMILES string of the molecule is COc1cc2c(O)c(-c3ccccc3)c(=O)oc2cc1CO. The maximum atomic E-state index is 12.2. The lowest BCUT2D eigenvalue weighted by atomic mass is 10.0. The van der Waals surface area contributed by atoms with Gasteiger partial charge in [0, 0.05) is 5.56 Å². The number of aliphatic hydroxyl groups excluding tert-OH is 1. The molecule has 0 aliphatic heterocycles. The smallest absolute Gasteiger partial charge is 0.347 e. The summed E-state index contributed by atoms with van der Waals surface area (Å²) in [6, 6.07) is 11.8. The summed E-state index contributed by atoms with van der Waals surface area (Å²) in [6.45, 7) is -0.260. The number of hydrogen-bond donors (Lipinski definition) is 2. The van der Waals surface area contributed by atoms with Crippen molar-refractivity contribution in [2.24, 2.45) is 0 Å². The summed E-state index contributed by atoms with van der Waals surface area (Å²) in [6.07, 6.45) is 0. The highest BCUT2D eigenvalue weighted by Crippen LogP contribution is 2.36. The lowest BCUT2D eigenvalue weighted by Crippen LogP contribution is -2.04. The van der Waals surface area contributed by atoms with Crippen molar-refractivity contribution in [1.82, 2.24) is 0 Å². The molecule has 0 amide bonds. The summed E-state index contributed by atoms with van der Waals surface area (Å²) in [5, 5.41) is 20.2. The fourth-order valence-corrected chi connectivity index (χ4v) is 2.43. The van der Waals surface area contributed by atoms with Crippen LogP contribution in [0.4, 0.5) is 0 Å². The molecule has 0 aliphatic rings. The topological polar surface area (TPSA) is 79.9 Å². The van der Waals surface area contributed by atoms with Crippen LogP contribution in [0.5, 0.6) is 11.5 Å². The fourth-order valence-electron chi connectivity index (χ4n) is 2.43. The standard InChI is InChI=1S/C17H14O5/c1-21-13-8-12-14(7-11(13)9-18)22-17(20)15(16(12)19)10-5-3-2-4-6-10/h2-8,18-19H,9H2,1H3. The van der Waals surface area contributed by atoms with Crippen LogP contribution in [-0.2, 0) is 6.61 Å². The normalized spacial score (nSPS) is 10.8. The first-order valence-corrected chi connectivity index (χ1v) is 6.68. The second kappa shape index (κ2) is 5.54. The minimum atomic E-state index is -0.634. The molecule has 3 rings (SSSR count). The maximum Gasteiger partial charge on any atom is 0.347 e. The third kappa shape index (κ3) is 2.21. The van der Waals surface area contributed by atoms with Crippen LogP contribution >= 0.6 is 0 Å². The van der Waals surface area contributed by atoms with Gasteiger partial charge >= 0.3 is 5.63 Å². The summed E-state index contributed by atoms with van der Waals surface area (Å²) in [5.41, 5.74) is 0.718. The van der Waals surface area contributed by atoms with Gasteiger partial charge in [0.1, 0.15) is 22.6 Å². The Kier molecular flexibility index (Phi) is 3.56. The summed E-state index contributed by atoms with van der Waals surface area (Å²) in [4.78, 5) is 12.2. The highest BCUT2D eigenvalue weighted by atomic mass is 16.5. The molecular formula is C17H14O5. The average Bonchev–Trinajstić information content (AvgIpc) is 2.54. The summed E-state index contributed by atoms with van der Waals surface area (Å²) < 4.78 is 10.5. The number of methoxy groups -OCH3 is 1. The molecule has 2 aromatic carbocycles. The zero-order valence-electron chi connectivity index (χ0n) is 11.9. The van der Waals surface area contributed by atoms with E-state index in [-0.39, 0.29) is 23.5 Å². The van der Waals surface area contributed by atoms with Gasteiger partial charge in [0.2, 0.25) is 0 Å². The average molecular weight is 298 g/mol. The van der Waals surface area contributed by atoms with E-state index in [1.807, 2.05) is 6.07 Å². The van der Waals surface area contributed by atoms with Gasteiger partial charge in [0.05, 0.1) is 19.1 Å². The van der Waals surface area contributed by atoms with Crippen molar-refractivity contribution < 1.29 is 19.4 Å². The first-order chi connectivity index (χ1) is 10.7. The molecule has 1 aromatic heterocycles. The molecule has 0 bridgehead atoms. The van der Waals surface area contributed by atoms with Crippen LogP contribution in [0.1, 0.15) is 5.56 Å². The van der Waals surface area contributed by atoms with Gasteiger partial charge in [-0.3, -0.25) is 0 Å². The Bertz CT molecular complexity index is 881. The van der Waals surface area contributed by atoms with Gasteiger partial charge in [-0.25, -0.2) is 4.79 Å². The number of aromatic hydroxyl groups is 1. The van der Waals surface area contributed by atoms with Crippen LogP contribution in [0.25, 0.3) is 22.1 Å². The van der Waals surface area contributed by atoms with E-state index in [1.54, 1.807) is 30.3 Å². The summed E-state index contributed by atoms with van der Waals surface area (Å²) in [5.74, 6) is 0.249. The lowest BCUT2D eigenvalue weighted by Gasteiger charge is -2.10. The molecule has 5 heteroatoms. The maximum absolute atomic E-state index is 12.2. The van der Waals surface area contributed by atoms with Gasteiger partial charge in [0.25, 0.3) is 0 Å². The Balaban J connectivity index is 2.35. The number of hydrogen-bond acceptors (Lipinski definition) is 5. The highest BCUT2D eigenvalue weighted by molar-refractivity contribution is 5.91. The van der Waals surface area contributed by atoms with E-state index in [4.69, 9.17) is 9.15 Å². The molecule has 5 nitrogen and oxygen atoms in total. The molecule has 0 saturated heterocycles. The molecule has 0 radical (unpaired) electrons. The Morgan fingerprint density at radius 1 is 1.18 bits per heavy atom. The van der Waals surface area contributed by atoms with Crippen LogP contribution < -0.4 is 10.4 Å². The van der Waals surface area contributed by atoms with Crippen LogP contribution in [0.2, 0.25) is 0 Å². The molecular weight excluding hydrogens is 284 g/mol. The number of fused-ring (bicyclic) bond motifs is 1. The Morgan fingerprint density at radius 2 is 1.91 bits per heavy atom. The van der Waals surface area contributed by atoms with Gasteiger partial charge in [-0.2, -0.15) is 0 Å². The zero-order chi connectivity index (χ0) is 15.7. The molecule has 0 fully saturated rings. The number of rotatable bonds is 3. The van der Waals surface area contributed by atoms with Gasteiger partial charge in [-0.15, -0.1) is 0 Å². The number of aliphatic hydroxyl groups is 1. The lowest BCUT2D eigenvalue weighted by molar-refractivity contribution is 0.273. The molecule has 0 atom stereocenters. The second-order valence-electron chi connectivity index (χ2n) is 4.80. The van der Waals surface area contributed by atoms with E-state index < -0.39 is 5.63 Å². The molecule has 22 heavy (non-hydrogen) atoms. The predicted molar refractivity (Wildman–Crippen MR) is 82.1 cm³/mol. The fraction of sp³-hybridized carbons (Fsp3) is 0.118. The van der Waals surface area contributed by atoms with Crippen molar-refractivity contribution >= 4 is 11.0 Å². The van der Waals surface area contributed by atoms with Gasteiger partial charge < -0.3 is 19.4 Å². The molecule has 3 aromatic rings. The third-order valence-electron chi connectivity index (χ3n) is 3.51. The van der Waals surface area contributed by atoms with Crippen molar-refractivity contribution in [3.05, 3.63) is 58.4 Å². The third-order valence-corrected chi connectivity index (χ3v) is 3.51. The minimum absolute atomic E-state index is 0.104. The summed E-state index contributed by atoms with van der Waals surface area (Å²) in [7, 11) is 1.47. The van der Waals surface area contributed by atoms with Crippen LogP contribution in [0, 0.1) is 0 Å². The van der Waals surface area contributed by atoms with Crippen molar-refractivity contribution in [3.8, 4) is 22.6 Å². The highest BCUT2D eigenvalue weighted by Gasteiger charge is 2.17. The molecule has 1 heterocycles. The monoisotopic (exact) mass is 298 g/mol. The van der Waals surface area contributed by atoms with Crippen LogP contribution in [-0.4, -0.2) is 17.3 Å².